The topological polar surface area (TPSA) is 70.8 Å². The number of nitrogens with zero attached hydrogens (tertiary/aromatic N) is 1. The van der Waals surface area contributed by atoms with E-state index in [1.165, 1.54) is 6.07 Å². The lowest BCUT2D eigenvalue weighted by Crippen LogP contribution is -2.41. The molecule has 1 saturated heterocycles. The molecule has 2 aromatic carbocycles. The van der Waals surface area contributed by atoms with E-state index in [-0.39, 0.29) is 12.4 Å². The van der Waals surface area contributed by atoms with Crippen molar-refractivity contribution in [1.82, 2.24) is 0 Å². The van der Waals surface area contributed by atoms with Crippen LogP contribution in [0.3, 0.4) is 0 Å². The molecule has 1 fully saturated rings. The number of nitro groups is 1. The van der Waals surface area contributed by atoms with Crippen LogP contribution in [0.1, 0.15) is 33.3 Å². The minimum absolute atomic E-state index is 0.0245. The van der Waals surface area contributed by atoms with Crippen LogP contribution >= 0.6 is 0 Å². The van der Waals surface area contributed by atoms with Crippen molar-refractivity contribution in [1.29, 1.82) is 0 Å². The maximum atomic E-state index is 13.2. The Labute approximate surface area is 157 Å². The summed E-state index contributed by atoms with van der Waals surface area (Å²) in [6, 6.07) is 10.7. The third-order valence-corrected chi connectivity index (χ3v) is 5.02. The maximum absolute atomic E-state index is 13.2. The summed E-state index contributed by atoms with van der Waals surface area (Å²) in [6.45, 7) is 8.08. The van der Waals surface area contributed by atoms with Crippen molar-refractivity contribution in [2.45, 2.75) is 45.5 Å². The molecule has 1 aliphatic heterocycles. The summed E-state index contributed by atoms with van der Waals surface area (Å²) in [5.41, 5.74) is 0.463. The van der Waals surface area contributed by atoms with E-state index in [9.17, 15) is 14.5 Å². The highest BCUT2D eigenvalue weighted by Gasteiger charge is 2.51. The summed E-state index contributed by atoms with van der Waals surface area (Å²) in [7, 11) is -0.455. The van der Waals surface area contributed by atoms with Gasteiger partial charge >= 0.3 is 12.8 Å². The van der Waals surface area contributed by atoms with E-state index >= 15 is 0 Å². The Morgan fingerprint density at radius 3 is 2.22 bits per heavy atom. The zero-order valence-corrected chi connectivity index (χ0v) is 15.7. The summed E-state index contributed by atoms with van der Waals surface area (Å²) in [6.07, 6.45) is 0. The smallest absolute Gasteiger partial charge is 0.482 e. The quantitative estimate of drug-likeness (QED) is 0.455. The molecule has 0 aliphatic carbocycles. The van der Waals surface area contributed by atoms with Gasteiger partial charge in [0.2, 0.25) is 0 Å². The average molecular weight is 373 g/mol. The van der Waals surface area contributed by atoms with Crippen LogP contribution in [-0.2, 0) is 15.9 Å². The molecular formula is C19H21BFNO5. The summed E-state index contributed by atoms with van der Waals surface area (Å²) in [5.74, 6) is -0.655. The lowest BCUT2D eigenvalue weighted by Gasteiger charge is -2.32. The second-order valence-electron chi connectivity index (χ2n) is 7.49. The fraction of sp³-hybridized carbons (Fsp3) is 0.368. The largest absolute Gasteiger partial charge is 0.494 e. The van der Waals surface area contributed by atoms with Crippen LogP contribution in [-0.4, -0.2) is 23.2 Å². The Balaban J connectivity index is 1.68. The van der Waals surface area contributed by atoms with Crippen LogP contribution in [0.2, 0.25) is 0 Å². The van der Waals surface area contributed by atoms with Crippen molar-refractivity contribution in [3.05, 3.63) is 64.0 Å². The van der Waals surface area contributed by atoms with Gasteiger partial charge in [0, 0.05) is 0 Å². The molecule has 0 spiro atoms. The third-order valence-electron chi connectivity index (χ3n) is 5.02. The Hall–Kier alpha value is -2.45. The van der Waals surface area contributed by atoms with Gasteiger partial charge in [-0.25, -0.2) is 4.39 Å². The molecule has 0 atom stereocenters. The van der Waals surface area contributed by atoms with Crippen molar-refractivity contribution >= 4 is 18.3 Å². The fourth-order valence-corrected chi connectivity index (χ4v) is 2.67. The first kappa shape index (κ1) is 19.3. The number of nitro benzene ring substituents is 1. The molecule has 27 heavy (non-hydrogen) atoms. The molecule has 0 bridgehead atoms. The third kappa shape index (κ3) is 3.96. The van der Waals surface area contributed by atoms with Gasteiger partial charge in [-0.3, -0.25) is 10.1 Å². The first-order valence-corrected chi connectivity index (χ1v) is 8.60. The second-order valence-corrected chi connectivity index (χ2v) is 7.49. The summed E-state index contributed by atoms with van der Waals surface area (Å²) < 4.78 is 30.7. The highest BCUT2D eigenvalue weighted by atomic mass is 19.1. The minimum Gasteiger partial charge on any atom is -0.482 e. The molecule has 0 amide bonds. The molecule has 1 heterocycles. The zero-order chi connectivity index (χ0) is 19.8. The molecular weight excluding hydrogens is 352 g/mol. The molecule has 0 aromatic heterocycles. The van der Waals surface area contributed by atoms with Crippen LogP contribution in [0.4, 0.5) is 10.1 Å². The molecule has 142 valence electrons. The minimum atomic E-state index is -0.680. The van der Waals surface area contributed by atoms with Crippen molar-refractivity contribution in [2.24, 2.45) is 0 Å². The number of ether oxygens (including phenoxy) is 1. The second kappa shape index (κ2) is 6.94. The van der Waals surface area contributed by atoms with Gasteiger partial charge in [0.25, 0.3) is 0 Å². The van der Waals surface area contributed by atoms with Gasteiger partial charge in [-0.1, -0.05) is 24.3 Å². The predicted octanol–water partition coefficient (Wildman–Crippen LogP) is 3.61. The first-order valence-electron chi connectivity index (χ1n) is 8.60. The van der Waals surface area contributed by atoms with Gasteiger partial charge in [-0.05, 0) is 50.9 Å². The normalized spacial score (nSPS) is 17.7. The Morgan fingerprint density at radius 1 is 1.07 bits per heavy atom. The van der Waals surface area contributed by atoms with Gasteiger partial charge < -0.3 is 14.0 Å². The molecule has 6 nitrogen and oxygen atoms in total. The van der Waals surface area contributed by atoms with Crippen molar-refractivity contribution in [3.8, 4) is 5.75 Å². The van der Waals surface area contributed by atoms with E-state index in [0.29, 0.717) is 0 Å². The number of hydrogen-bond acceptors (Lipinski definition) is 5. The summed E-state index contributed by atoms with van der Waals surface area (Å²) in [4.78, 5) is 10.3. The lowest BCUT2D eigenvalue weighted by atomic mass is 9.79. The Kier molecular flexibility index (Phi) is 4.97. The van der Waals surface area contributed by atoms with Crippen LogP contribution in [0.25, 0.3) is 0 Å². The van der Waals surface area contributed by atoms with Crippen molar-refractivity contribution < 1.29 is 23.4 Å². The molecule has 0 radical (unpaired) electrons. The number of benzene rings is 2. The van der Waals surface area contributed by atoms with E-state index in [1.54, 1.807) is 0 Å². The lowest BCUT2D eigenvalue weighted by molar-refractivity contribution is -0.386. The number of halogens is 1. The van der Waals surface area contributed by atoms with Gasteiger partial charge in [-0.15, -0.1) is 0 Å². The van der Waals surface area contributed by atoms with Crippen molar-refractivity contribution in [2.75, 3.05) is 0 Å². The van der Waals surface area contributed by atoms with E-state index < -0.39 is 34.7 Å². The van der Waals surface area contributed by atoms with Crippen LogP contribution < -0.4 is 10.2 Å². The monoisotopic (exact) mass is 373 g/mol. The van der Waals surface area contributed by atoms with Crippen LogP contribution in [0.5, 0.6) is 5.75 Å². The highest BCUT2D eigenvalue weighted by molar-refractivity contribution is 6.62. The van der Waals surface area contributed by atoms with Gasteiger partial charge in [0.15, 0.2) is 5.75 Å². The average Bonchev–Trinajstić information content (AvgIpc) is 2.82. The SMILES string of the molecule is CC1(C)OB(c2ccc(COc3ccc(F)cc3[N+](=O)[O-])cc2)OC1(C)C. The van der Waals surface area contributed by atoms with E-state index in [0.717, 1.165) is 23.2 Å². The van der Waals surface area contributed by atoms with E-state index in [4.69, 9.17) is 14.0 Å². The molecule has 2 aromatic rings. The number of hydrogen-bond donors (Lipinski definition) is 0. The molecule has 1 aliphatic rings. The van der Waals surface area contributed by atoms with Gasteiger partial charge in [0.05, 0.1) is 22.2 Å². The van der Waals surface area contributed by atoms with Gasteiger partial charge in [0.1, 0.15) is 12.4 Å². The molecule has 0 saturated carbocycles. The van der Waals surface area contributed by atoms with E-state index in [2.05, 4.69) is 0 Å². The van der Waals surface area contributed by atoms with Gasteiger partial charge in [-0.2, -0.15) is 0 Å². The molecule has 8 heteroatoms. The molecule has 3 rings (SSSR count). The first-order chi connectivity index (χ1) is 12.6. The molecule has 0 N–H and O–H groups in total. The molecule has 0 unspecified atom stereocenters. The summed E-state index contributed by atoms with van der Waals surface area (Å²) >= 11 is 0. The van der Waals surface area contributed by atoms with Crippen LogP contribution in [0.15, 0.2) is 42.5 Å². The van der Waals surface area contributed by atoms with Crippen molar-refractivity contribution in [3.63, 3.8) is 0 Å². The Morgan fingerprint density at radius 2 is 1.67 bits per heavy atom. The van der Waals surface area contributed by atoms with Crippen LogP contribution in [0, 0.1) is 15.9 Å². The zero-order valence-electron chi connectivity index (χ0n) is 15.7. The van der Waals surface area contributed by atoms with E-state index in [1.807, 2.05) is 52.0 Å². The predicted molar refractivity (Wildman–Crippen MR) is 99.5 cm³/mol. The Bertz CT molecular complexity index is 838. The number of rotatable bonds is 5. The summed E-state index contributed by atoms with van der Waals surface area (Å²) in [5, 5.41) is 11.0. The standard InChI is InChI=1S/C19H21BFNO5/c1-18(2)19(3,4)27-20(26-18)14-7-5-13(6-8-14)12-25-17-10-9-15(21)11-16(17)22(23)24/h5-11H,12H2,1-4H3. The maximum Gasteiger partial charge on any atom is 0.494 e. The fourth-order valence-electron chi connectivity index (χ4n) is 2.67. The highest BCUT2D eigenvalue weighted by Crippen LogP contribution is 2.36.